The standard InChI is InChI=1S/C20H20N4O2/c1-26-20(25)14-8-11-24(12-9-14)19-16-6-2-3-7-17(16)22-18(23-19)15-5-4-10-21-13-15/h2-7,10,13-14H,8-9,11-12H2,1H3. The molecule has 1 fully saturated rings. The Labute approximate surface area is 151 Å². The number of aromatic nitrogens is 3. The van der Waals surface area contributed by atoms with Crippen LogP contribution in [0.15, 0.2) is 48.8 Å². The molecule has 0 spiro atoms. The normalized spacial score (nSPS) is 15.2. The molecule has 3 heterocycles. The van der Waals surface area contributed by atoms with Crippen LogP contribution in [0.1, 0.15) is 12.8 Å². The molecular formula is C20H20N4O2. The van der Waals surface area contributed by atoms with E-state index in [1.165, 1.54) is 7.11 Å². The van der Waals surface area contributed by atoms with E-state index in [9.17, 15) is 4.79 Å². The lowest BCUT2D eigenvalue weighted by molar-refractivity contribution is -0.146. The van der Waals surface area contributed by atoms with Gasteiger partial charge in [0.25, 0.3) is 0 Å². The molecule has 1 aliphatic rings. The van der Waals surface area contributed by atoms with Crippen molar-refractivity contribution in [2.45, 2.75) is 12.8 Å². The molecular weight excluding hydrogens is 328 g/mol. The number of pyridine rings is 1. The molecule has 3 aromatic rings. The minimum Gasteiger partial charge on any atom is -0.469 e. The van der Waals surface area contributed by atoms with Gasteiger partial charge in [0.15, 0.2) is 5.82 Å². The van der Waals surface area contributed by atoms with E-state index >= 15 is 0 Å². The maximum Gasteiger partial charge on any atom is 0.308 e. The number of nitrogens with zero attached hydrogens (tertiary/aromatic N) is 4. The van der Waals surface area contributed by atoms with Crippen LogP contribution in [0.25, 0.3) is 22.3 Å². The van der Waals surface area contributed by atoms with Crippen molar-refractivity contribution in [3.8, 4) is 11.4 Å². The van der Waals surface area contributed by atoms with Crippen molar-refractivity contribution in [1.82, 2.24) is 15.0 Å². The minimum absolute atomic E-state index is 0.0258. The summed E-state index contributed by atoms with van der Waals surface area (Å²) in [6.07, 6.45) is 5.06. The summed E-state index contributed by atoms with van der Waals surface area (Å²) in [5, 5.41) is 1.02. The number of rotatable bonds is 3. The number of hydrogen-bond acceptors (Lipinski definition) is 6. The van der Waals surface area contributed by atoms with E-state index in [0.717, 1.165) is 48.2 Å². The van der Waals surface area contributed by atoms with Gasteiger partial charge in [-0.1, -0.05) is 12.1 Å². The smallest absolute Gasteiger partial charge is 0.308 e. The molecule has 0 amide bonds. The van der Waals surface area contributed by atoms with Crippen molar-refractivity contribution in [3.05, 3.63) is 48.8 Å². The molecule has 0 unspecified atom stereocenters. The highest BCUT2D eigenvalue weighted by Crippen LogP contribution is 2.30. The Hall–Kier alpha value is -3.02. The number of piperidine rings is 1. The van der Waals surface area contributed by atoms with E-state index in [4.69, 9.17) is 14.7 Å². The number of benzene rings is 1. The molecule has 0 radical (unpaired) electrons. The van der Waals surface area contributed by atoms with Crippen LogP contribution in [0.4, 0.5) is 5.82 Å². The number of esters is 1. The third kappa shape index (κ3) is 3.10. The third-order valence-corrected chi connectivity index (χ3v) is 4.83. The average Bonchev–Trinajstić information content (AvgIpc) is 2.73. The zero-order valence-electron chi connectivity index (χ0n) is 14.6. The molecule has 2 aromatic heterocycles. The molecule has 0 bridgehead atoms. The summed E-state index contributed by atoms with van der Waals surface area (Å²) in [4.78, 5) is 27.8. The minimum atomic E-state index is -0.117. The Morgan fingerprint density at radius 1 is 1.12 bits per heavy atom. The second-order valence-electron chi connectivity index (χ2n) is 6.41. The number of carbonyl (C=O) groups excluding carboxylic acids is 1. The molecule has 0 N–H and O–H groups in total. The molecule has 1 aliphatic heterocycles. The highest BCUT2D eigenvalue weighted by Gasteiger charge is 2.27. The van der Waals surface area contributed by atoms with Crippen molar-refractivity contribution in [2.75, 3.05) is 25.1 Å². The van der Waals surface area contributed by atoms with Gasteiger partial charge >= 0.3 is 5.97 Å². The first-order chi connectivity index (χ1) is 12.8. The maximum absolute atomic E-state index is 11.8. The summed E-state index contributed by atoms with van der Waals surface area (Å²) >= 11 is 0. The van der Waals surface area contributed by atoms with Crippen LogP contribution in [0.3, 0.4) is 0 Å². The lowest BCUT2D eigenvalue weighted by atomic mass is 9.97. The van der Waals surface area contributed by atoms with E-state index in [1.54, 1.807) is 12.4 Å². The SMILES string of the molecule is COC(=O)C1CCN(c2nc(-c3cccnc3)nc3ccccc23)CC1. The van der Waals surface area contributed by atoms with Crippen molar-refractivity contribution in [3.63, 3.8) is 0 Å². The van der Waals surface area contributed by atoms with Gasteiger partial charge in [-0.25, -0.2) is 9.97 Å². The Bertz CT molecular complexity index is 922. The van der Waals surface area contributed by atoms with Crippen LogP contribution in [-0.2, 0) is 9.53 Å². The second-order valence-corrected chi connectivity index (χ2v) is 6.41. The van der Waals surface area contributed by atoms with E-state index in [1.807, 2.05) is 36.4 Å². The van der Waals surface area contributed by atoms with Gasteiger partial charge in [-0.3, -0.25) is 9.78 Å². The first-order valence-electron chi connectivity index (χ1n) is 8.76. The zero-order valence-corrected chi connectivity index (χ0v) is 14.6. The number of para-hydroxylation sites is 1. The molecule has 4 rings (SSSR count). The summed E-state index contributed by atoms with van der Waals surface area (Å²) in [5.74, 6) is 1.44. The van der Waals surface area contributed by atoms with Crippen molar-refractivity contribution in [1.29, 1.82) is 0 Å². The van der Waals surface area contributed by atoms with Crippen LogP contribution < -0.4 is 4.90 Å². The lowest BCUT2D eigenvalue weighted by Gasteiger charge is -2.32. The Kier molecular flexibility index (Phi) is 4.48. The number of ether oxygens (including phenoxy) is 1. The number of carbonyl (C=O) groups is 1. The first kappa shape index (κ1) is 16.4. The maximum atomic E-state index is 11.8. The number of hydrogen-bond donors (Lipinski definition) is 0. The molecule has 6 nitrogen and oxygen atoms in total. The molecule has 0 saturated carbocycles. The molecule has 6 heteroatoms. The third-order valence-electron chi connectivity index (χ3n) is 4.83. The Balaban J connectivity index is 1.71. The van der Waals surface area contributed by atoms with Gasteiger partial charge in [-0.2, -0.15) is 0 Å². The summed E-state index contributed by atoms with van der Waals surface area (Å²) in [5.41, 5.74) is 1.80. The molecule has 26 heavy (non-hydrogen) atoms. The largest absolute Gasteiger partial charge is 0.469 e. The monoisotopic (exact) mass is 348 g/mol. The van der Waals surface area contributed by atoms with Crippen molar-refractivity contribution < 1.29 is 9.53 Å². The quantitative estimate of drug-likeness (QED) is 0.678. The number of methoxy groups -OCH3 is 1. The fourth-order valence-electron chi connectivity index (χ4n) is 3.42. The first-order valence-corrected chi connectivity index (χ1v) is 8.76. The summed E-state index contributed by atoms with van der Waals surface area (Å²) in [6, 6.07) is 11.9. The van der Waals surface area contributed by atoms with E-state index in [0.29, 0.717) is 5.82 Å². The molecule has 132 valence electrons. The van der Waals surface area contributed by atoms with Gasteiger partial charge in [-0.05, 0) is 37.1 Å². The van der Waals surface area contributed by atoms with Crippen LogP contribution in [-0.4, -0.2) is 41.1 Å². The van der Waals surface area contributed by atoms with Gasteiger partial charge in [0.1, 0.15) is 5.82 Å². The lowest BCUT2D eigenvalue weighted by Crippen LogP contribution is -2.37. The van der Waals surface area contributed by atoms with Crippen LogP contribution >= 0.6 is 0 Å². The number of fused-ring (bicyclic) bond motifs is 1. The van der Waals surface area contributed by atoms with Crippen LogP contribution in [0.5, 0.6) is 0 Å². The Morgan fingerprint density at radius 3 is 2.65 bits per heavy atom. The predicted molar refractivity (Wildman–Crippen MR) is 99.7 cm³/mol. The molecule has 0 aliphatic carbocycles. The zero-order chi connectivity index (χ0) is 17.9. The van der Waals surface area contributed by atoms with Crippen molar-refractivity contribution >= 4 is 22.7 Å². The topological polar surface area (TPSA) is 68.2 Å². The summed E-state index contributed by atoms with van der Waals surface area (Å²) in [6.45, 7) is 1.54. The highest BCUT2D eigenvalue weighted by molar-refractivity contribution is 5.91. The summed E-state index contributed by atoms with van der Waals surface area (Å²) in [7, 11) is 1.45. The van der Waals surface area contributed by atoms with Gasteiger partial charge < -0.3 is 9.64 Å². The van der Waals surface area contributed by atoms with Crippen LogP contribution in [0, 0.1) is 5.92 Å². The van der Waals surface area contributed by atoms with Crippen molar-refractivity contribution in [2.24, 2.45) is 5.92 Å². The predicted octanol–water partition coefficient (Wildman–Crippen LogP) is 3.08. The van der Waals surface area contributed by atoms with E-state index in [-0.39, 0.29) is 11.9 Å². The fourth-order valence-corrected chi connectivity index (χ4v) is 3.42. The molecule has 1 saturated heterocycles. The second kappa shape index (κ2) is 7.07. The molecule has 0 atom stereocenters. The average molecular weight is 348 g/mol. The van der Waals surface area contributed by atoms with Gasteiger partial charge in [0.05, 0.1) is 18.5 Å². The highest BCUT2D eigenvalue weighted by atomic mass is 16.5. The van der Waals surface area contributed by atoms with Gasteiger partial charge in [0, 0.05) is 36.4 Å². The summed E-state index contributed by atoms with van der Waals surface area (Å²) < 4.78 is 4.89. The molecule has 1 aromatic carbocycles. The Morgan fingerprint density at radius 2 is 1.92 bits per heavy atom. The fraction of sp³-hybridized carbons (Fsp3) is 0.300. The van der Waals surface area contributed by atoms with E-state index in [2.05, 4.69) is 9.88 Å². The van der Waals surface area contributed by atoms with Gasteiger partial charge in [0.2, 0.25) is 0 Å². The van der Waals surface area contributed by atoms with Gasteiger partial charge in [-0.15, -0.1) is 0 Å². The van der Waals surface area contributed by atoms with Crippen LogP contribution in [0.2, 0.25) is 0 Å². The van der Waals surface area contributed by atoms with E-state index < -0.39 is 0 Å². The number of anilines is 1.